The summed E-state index contributed by atoms with van der Waals surface area (Å²) in [6.07, 6.45) is 5.64. The first-order valence-corrected chi connectivity index (χ1v) is 8.75. The second-order valence-corrected chi connectivity index (χ2v) is 6.62. The second kappa shape index (κ2) is 20.8. The largest absolute Gasteiger partial charge is 0.405 e. The van der Waals surface area contributed by atoms with Crippen LogP contribution in [0.5, 0.6) is 0 Å². The predicted octanol–water partition coefficient (Wildman–Crippen LogP) is 5.62. The van der Waals surface area contributed by atoms with Gasteiger partial charge >= 0.3 is 0 Å². The summed E-state index contributed by atoms with van der Waals surface area (Å²) in [6.45, 7) is 24.5. The van der Waals surface area contributed by atoms with E-state index in [1.807, 2.05) is 31.9 Å². The number of amides is 1. The van der Waals surface area contributed by atoms with Gasteiger partial charge in [0.15, 0.2) is 0 Å². The highest BCUT2D eigenvalue weighted by atomic mass is 16.2. The highest BCUT2D eigenvalue weighted by molar-refractivity contribution is 5.76. The lowest BCUT2D eigenvalue weighted by molar-refractivity contribution is -0.131. The third-order valence-corrected chi connectivity index (χ3v) is 2.31. The van der Waals surface area contributed by atoms with Gasteiger partial charge in [0, 0.05) is 20.0 Å². The fraction of sp³-hybridized carbons (Fsp3) is 0.750. The number of rotatable bonds is 6. The molecule has 0 saturated carbocycles. The van der Waals surface area contributed by atoms with Gasteiger partial charge in [-0.3, -0.25) is 4.79 Å². The lowest BCUT2D eigenvalue weighted by Gasteiger charge is -2.25. The zero-order valence-electron chi connectivity index (χ0n) is 17.4. The Morgan fingerprint density at radius 3 is 1.83 bits per heavy atom. The van der Waals surface area contributed by atoms with Gasteiger partial charge in [-0.25, -0.2) is 0 Å². The average molecular weight is 329 g/mol. The Labute approximate surface area is 147 Å². The third-order valence-electron chi connectivity index (χ3n) is 2.31. The van der Waals surface area contributed by atoms with Crippen molar-refractivity contribution in [2.24, 2.45) is 17.1 Å². The molecular weight excluding hydrogens is 284 g/mol. The van der Waals surface area contributed by atoms with E-state index < -0.39 is 0 Å². The summed E-state index contributed by atoms with van der Waals surface area (Å²) in [6, 6.07) is 0. The highest BCUT2D eigenvalue weighted by Crippen LogP contribution is 2.25. The maximum absolute atomic E-state index is 11.7. The normalized spacial score (nSPS) is 9.13. The van der Waals surface area contributed by atoms with Gasteiger partial charge in [0.05, 0.1) is 0 Å². The molecule has 0 bridgehead atoms. The van der Waals surface area contributed by atoms with Crippen LogP contribution < -0.4 is 5.73 Å². The van der Waals surface area contributed by atoms with Crippen molar-refractivity contribution in [3.05, 3.63) is 25.4 Å². The first-order valence-electron chi connectivity index (χ1n) is 8.75. The summed E-state index contributed by atoms with van der Waals surface area (Å²) in [4.78, 5) is 13.5. The smallest absolute Gasteiger partial charge is 0.222 e. The molecule has 3 heteroatoms. The maximum atomic E-state index is 11.7. The minimum absolute atomic E-state index is 0.0425. The summed E-state index contributed by atoms with van der Waals surface area (Å²) in [5.74, 6) is 1.07. The molecule has 1 amide bonds. The van der Waals surface area contributed by atoms with E-state index in [1.54, 1.807) is 0 Å². The zero-order valence-corrected chi connectivity index (χ0v) is 17.4. The molecule has 23 heavy (non-hydrogen) atoms. The number of carbonyl (C=O) groups is 1. The van der Waals surface area contributed by atoms with Crippen LogP contribution in [0.25, 0.3) is 0 Å². The number of hydrogen-bond acceptors (Lipinski definition) is 2. The molecule has 0 heterocycles. The van der Waals surface area contributed by atoms with E-state index >= 15 is 0 Å². The Morgan fingerprint density at radius 1 is 1.22 bits per heavy atom. The maximum Gasteiger partial charge on any atom is 0.222 e. The van der Waals surface area contributed by atoms with E-state index in [9.17, 15) is 4.79 Å². The molecule has 0 rings (SSSR count). The van der Waals surface area contributed by atoms with Gasteiger partial charge in [-0.1, -0.05) is 68.0 Å². The van der Waals surface area contributed by atoms with Crippen LogP contribution in [0.2, 0.25) is 0 Å². The van der Waals surface area contributed by atoms with Crippen LogP contribution in [0, 0.1) is 11.3 Å². The SMILES string of the molecule is C=CCC(C)(C)CC(=O)N(C)CCC.C=CN.CC.CC(C)C. The van der Waals surface area contributed by atoms with Crippen LogP contribution in [0.4, 0.5) is 0 Å². The number of hydrogen-bond donors (Lipinski definition) is 1. The van der Waals surface area contributed by atoms with Crippen LogP contribution in [-0.4, -0.2) is 24.4 Å². The molecular formula is C20H44N2O. The Balaban J connectivity index is -0.000000166. The molecule has 140 valence electrons. The minimum atomic E-state index is 0.0425. The van der Waals surface area contributed by atoms with Gasteiger partial charge in [-0.2, -0.15) is 0 Å². The topological polar surface area (TPSA) is 46.3 Å². The van der Waals surface area contributed by atoms with Gasteiger partial charge in [0.2, 0.25) is 5.91 Å². The number of nitrogens with zero attached hydrogens (tertiary/aromatic N) is 1. The number of allylic oxidation sites excluding steroid dienone is 1. The minimum Gasteiger partial charge on any atom is -0.405 e. The molecule has 0 aromatic rings. The monoisotopic (exact) mass is 328 g/mol. The van der Waals surface area contributed by atoms with Crippen molar-refractivity contribution in [3.8, 4) is 0 Å². The summed E-state index contributed by atoms with van der Waals surface area (Å²) in [5, 5.41) is 0. The van der Waals surface area contributed by atoms with Crippen molar-refractivity contribution < 1.29 is 4.79 Å². The van der Waals surface area contributed by atoms with E-state index in [1.165, 1.54) is 6.20 Å². The van der Waals surface area contributed by atoms with Crippen LogP contribution in [-0.2, 0) is 4.79 Å². The van der Waals surface area contributed by atoms with Gasteiger partial charge in [0.25, 0.3) is 0 Å². The molecule has 3 nitrogen and oxygen atoms in total. The highest BCUT2D eigenvalue weighted by Gasteiger charge is 2.22. The van der Waals surface area contributed by atoms with E-state index in [-0.39, 0.29) is 11.3 Å². The second-order valence-electron chi connectivity index (χ2n) is 6.62. The molecule has 2 N–H and O–H groups in total. The predicted molar refractivity (Wildman–Crippen MR) is 107 cm³/mol. The van der Waals surface area contributed by atoms with Gasteiger partial charge in [0.1, 0.15) is 0 Å². The Morgan fingerprint density at radius 2 is 1.57 bits per heavy atom. The van der Waals surface area contributed by atoms with Crippen LogP contribution in [0.3, 0.4) is 0 Å². The molecule has 0 atom stereocenters. The van der Waals surface area contributed by atoms with Gasteiger partial charge in [-0.05, 0) is 30.4 Å². The van der Waals surface area contributed by atoms with Crippen molar-refractivity contribution in [1.29, 1.82) is 0 Å². The summed E-state index contributed by atoms with van der Waals surface area (Å²) >= 11 is 0. The number of nitrogens with two attached hydrogens (primary N) is 1. The van der Waals surface area contributed by atoms with E-state index in [0.29, 0.717) is 6.42 Å². The van der Waals surface area contributed by atoms with E-state index in [4.69, 9.17) is 0 Å². The molecule has 0 aromatic carbocycles. The van der Waals surface area contributed by atoms with Crippen molar-refractivity contribution in [2.75, 3.05) is 13.6 Å². The summed E-state index contributed by atoms with van der Waals surface area (Å²) < 4.78 is 0. The zero-order chi connectivity index (χ0) is 19.5. The van der Waals surface area contributed by atoms with Crippen LogP contribution in [0.15, 0.2) is 25.4 Å². The van der Waals surface area contributed by atoms with Crippen LogP contribution >= 0.6 is 0 Å². The number of carbonyl (C=O) groups excluding carboxylic acids is 1. The lowest BCUT2D eigenvalue weighted by atomic mass is 9.85. The fourth-order valence-corrected chi connectivity index (χ4v) is 1.47. The fourth-order valence-electron chi connectivity index (χ4n) is 1.47. The van der Waals surface area contributed by atoms with Gasteiger partial charge in [-0.15, -0.1) is 6.58 Å². The molecule has 0 aliphatic carbocycles. The van der Waals surface area contributed by atoms with Crippen molar-refractivity contribution >= 4 is 5.91 Å². The van der Waals surface area contributed by atoms with Crippen molar-refractivity contribution in [2.45, 2.75) is 74.7 Å². The molecule has 0 spiro atoms. The van der Waals surface area contributed by atoms with Crippen molar-refractivity contribution in [1.82, 2.24) is 4.90 Å². The van der Waals surface area contributed by atoms with Gasteiger partial charge < -0.3 is 10.6 Å². The standard InChI is InChI=1S/C12H23NO.C4H10.C2H5N.C2H6/c1-6-8-12(3,4)10-11(14)13(5)9-7-2;1-4(2)3;1-2-3;1-2/h6H,1,7-10H2,2-5H3;4H,1-3H3;2H,1,3H2;1-2H3. The Bertz CT molecular complexity index is 268. The first kappa shape index (κ1) is 29.7. The molecule has 0 aliphatic heterocycles. The molecule has 0 fully saturated rings. The third kappa shape index (κ3) is 33.5. The quantitative estimate of drug-likeness (QED) is 0.643. The lowest BCUT2D eigenvalue weighted by Crippen LogP contribution is -2.31. The summed E-state index contributed by atoms with van der Waals surface area (Å²) in [7, 11) is 1.87. The summed E-state index contributed by atoms with van der Waals surface area (Å²) in [5.41, 5.74) is 4.65. The Kier molecular flexibility index (Phi) is 26.8. The van der Waals surface area contributed by atoms with E-state index in [2.05, 4.69) is 60.4 Å². The molecule has 0 saturated heterocycles. The van der Waals surface area contributed by atoms with Crippen molar-refractivity contribution in [3.63, 3.8) is 0 Å². The Hall–Kier alpha value is -1.25. The average Bonchev–Trinajstić information content (AvgIpc) is 2.40. The molecule has 0 radical (unpaired) electrons. The first-order chi connectivity index (χ1) is 10.6. The van der Waals surface area contributed by atoms with E-state index in [0.717, 1.165) is 25.3 Å². The molecule has 0 aliphatic rings. The molecule has 0 unspecified atom stereocenters. The molecule has 0 aromatic heterocycles. The van der Waals surface area contributed by atoms with Crippen LogP contribution in [0.1, 0.15) is 74.7 Å².